The summed E-state index contributed by atoms with van der Waals surface area (Å²) in [7, 11) is 0. The van der Waals surface area contributed by atoms with Gasteiger partial charge in [0.15, 0.2) is 0 Å². The van der Waals surface area contributed by atoms with Crippen LogP contribution < -0.4 is 10.6 Å². The first-order valence-corrected chi connectivity index (χ1v) is 6.90. The van der Waals surface area contributed by atoms with Crippen LogP contribution in [0.3, 0.4) is 0 Å². The molecule has 0 aromatic carbocycles. The zero-order valence-electron chi connectivity index (χ0n) is 12.6. The van der Waals surface area contributed by atoms with Crippen molar-refractivity contribution in [2.75, 3.05) is 6.54 Å². The van der Waals surface area contributed by atoms with Gasteiger partial charge < -0.3 is 10.4 Å². The molecule has 0 bridgehead atoms. The van der Waals surface area contributed by atoms with E-state index in [2.05, 4.69) is 24.5 Å². The molecule has 0 aromatic heterocycles. The van der Waals surface area contributed by atoms with E-state index in [9.17, 15) is 14.4 Å². The number of hydrogen-bond acceptors (Lipinski definition) is 3. The van der Waals surface area contributed by atoms with Crippen LogP contribution in [0, 0.1) is 16.7 Å². The predicted molar refractivity (Wildman–Crippen MR) is 74.1 cm³/mol. The molecule has 1 aliphatic carbocycles. The molecule has 6 heteroatoms. The molecule has 6 nitrogen and oxygen atoms in total. The summed E-state index contributed by atoms with van der Waals surface area (Å²) in [6.07, 6.45) is 1.95. The van der Waals surface area contributed by atoms with Crippen LogP contribution in [0.2, 0.25) is 0 Å². The average molecular weight is 284 g/mol. The van der Waals surface area contributed by atoms with Crippen molar-refractivity contribution >= 4 is 17.9 Å². The van der Waals surface area contributed by atoms with Gasteiger partial charge in [0.1, 0.15) is 0 Å². The number of imide groups is 1. The summed E-state index contributed by atoms with van der Waals surface area (Å²) in [5, 5.41) is 13.8. The Morgan fingerprint density at radius 2 is 1.80 bits per heavy atom. The highest BCUT2D eigenvalue weighted by atomic mass is 16.4. The number of amides is 3. The molecule has 0 aliphatic heterocycles. The second-order valence-electron chi connectivity index (χ2n) is 6.61. The standard InChI is InChI=1S/C14H24N2O4/c1-9(2)14(5-6-14)8-15-12(20)16-10(17)7-13(3,4)11(18)19/h9H,5-8H2,1-4H3,(H,18,19)(H2,15,16,17,20). The highest BCUT2D eigenvalue weighted by molar-refractivity contribution is 5.96. The number of urea groups is 1. The normalized spacial score (nSPS) is 16.6. The van der Waals surface area contributed by atoms with Crippen LogP contribution in [0.4, 0.5) is 4.79 Å². The highest BCUT2D eigenvalue weighted by Gasteiger charge is 2.45. The Morgan fingerprint density at radius 3 is 2.20 bits per heavy atom. The quantitative estimate of drug-likeness (QED) is 0.692. The molecular weight excluding hydrogens is 260 g/mol. The highest BCUT2D eigenvalue weighted by Crippen LogP contribution is 2.51. The third-order valence-electron chi connectivity index (χ3n) is 4.15. The van der Waals surface area contributed by atoms with Crippen molar-refractivity contribution in [1.29, 1.82) is 0 Å². The Hall–Kier alpha value is -1.59. The van der Waals surface area contributed by atoms with E-state index in [1.165, 1.54) is 13.8 Å². The lowest BCUT2D eigenvalue weighted by atomic mass is 9.89. The number of carboxylic acids is 1. The van der Waals surface area contributed by atoms with Crippen molar-refractivity contribution < 1.29 is 19.5 Å². The molecule has 3 amide bonds. The summed E-state index contributed by atoms with van der Waals surface area (Å²) >= 11 is 0. The van der Waals surface area contributed by atoms with Gasteiger partial charge in [0.05, 0.1) is 5.41 Å². The monoisotopic (exact) mass is 284 g/mol. The van der Waals surface area contributed by atoms with E-state index in [1.807, 2.05) is 0 Å². The van der Waals surface area contributed by atoms with Crippen LogP contribution in [-0.2, 0) is 9.59 Å². The molecule has 0 heterocycles. The molecule has 0 unspecified atom stereocenters. The van der Waals surface area contributed by atoms with Gasteiger partial charge in [-0.2, -0.15) is 0 Å². The van der Waals surface area contributed by atoms with Crippen molar-refractivity contribution in [2.45, 2.75) is 47.0 Å². The molecule has 0 radical (unpaired) electrons. The van der Waals surface area contributed by atoms with Gasteiger partial charge in [0, 0.05) is 13.0 Å². The Morgan fingerprint density at radius 1 is 1.25 bits per heavy atom. The van der Waals surface area contributed by atoms with Crippen molar-refractivity contribution in [3.63, 3.8) is 0 Å². The second-order valence-corrected chi connectivity index (χ2v) is 6.61. The molecule has 0 saturated heterocycles. The Bertz CT molecular complexity index is 411. The third-order valence-corrected chi connectivity index (χ3v) is 4.15. The van der Waals surface area contributed by atoms with Gasteiger partial charge in [0.2, 0.25) is 5.91 Å². The minimum atomic E-state index is -1.18. The van der Waals surface area contributed by atoms with Crippen LogP contribution in [-0.4, -0.2) is 29.6 Å². The lowest BCUT2D eigenvalue weighted by molar-refractivity contribution is -0.149. The van der Waals surface area contributed by atoms with Crippen LogP contribution in [0.25, 0.3) is 0 Å². The Kier molecular flexibility index (Phi) is 4.78. The largest absolute Gasteiger partial charge is 0.481 e. The van der Waals surface area contributed by atoms with E-state index in [-0.39, 0.29) is 11.8 Å². The first-order chi connectivity index (χ1) is 9.09. The van der Waals surface area contributed by atoms with Crippen molar-refractivity contribution in [3.05, 3.63) is 0 Å². The number of carbonyl (C=O) groups is 3. The van der Waals surface area contributed by atoms with Crippen molar-refractivity contribution in [1.82, 2.24) is 10.6 Å². The first-order valence-electron chi connectivity index (χ1n) is 6.90. The van der Waals surface area contributed by atoms with E-state index >= 15 is 0 Å². The van der Waals surface area contributed by atoms with E-state index < -0.39 is 23.3 Å². The van der Waals surface area contributed by atoms with Crippen LogP contribution in [0.15, 0.2) is 0 Å². The maximum absolute atomic E-state index is 11.6. The number of hydrogen-bond donors (Lipinski definition) is 3. The fourth-order valence-corrected chi connectivity index (χ4v) is 2.07. The molecule has 114 valence electrons. The number of aliphatic carboxylic acids is 1. The predicted octanol–water partition coefficient (Wildman–Crippen LogP) is 1.75. The van der Waals surface area contributed by atoms with Crippen LogP contribution in [0.1, 0.15) is 47.0 Å². The Balaban J connectivity index is 2.36. The van der Waals surface area contributed by atoms with Gasteiger partial charge in [-0.15, -0.1) is 0 Å². The smallest absolute Gasteiger partial charge is 0.321 e. The number of carbonyl (C=O) groups excluding carboxylic acids is 2. The maximum Gasteiger partial charge on any atom is 0.321 e. The van der Waals surface area contributed by atoms with Gasteiger partial charge >= 0.3 is 12.0 Å². The number of carboxylic acid groups (broad SMARTS) is 1. The molecule has 1 rings (SSSR count). The summed E-state index contributed by atoms with van der Waals surface area (Å²) in [5.41, 5.74) is -1.01. The van der Waals surface area contributed by atoms with Gasteiger partial charge in [-0.3, -0.25) is 14.9 Å². The fraction of sp³-hybridized carbons (Fsp3) is 0.786. The summed E-state index contributed by atoms with van der Waals surface area (Å²) in [6, 6.07) is -0.553. The van der Waals surface area contributed by atoms with E-state index in [4.69, 9.17) is 5.11 Å². The molecule has 0 aromatic rings. The molecule has 20 heavy (non-hydrogen) atoms. The van der Waals surface area contributed by atoms with E-state index in [0.717, 1.165) is 12.8 Å². The minimum absolute atomic E-state index is 0.167. The lowest BCUT2D eigenvalue weighted by Gasteiger charge is -2.21. The topological polar surface area (TPSA) is 95.5 Å². The molecule has 0 atom stereocenters. The van der Waals surface area contributed by atoms with Crippen molar-refractivity contribution in [2.24, 2.45) is 16.7 Å². The van der Waals surface area contributed by atoms with E-state index in [0.29, 0.717) is 12.5 Å². The van der Waals surface area contributed by atoms with Crippen LogP contribution >= 0.6 is 0 Å². The molecule has 0 spiro atoms. The SMILES string of the molecule is CC(C)C1(CNC(=O)NC(=O)CC(C)(C)C(=O)O)CC1. The minimum Gasteiger partial charge on any atom is -0.481 e. The average Bonchev–Trinajstić information content (AvgIpc) is 3.06. The summed E-state index contributed by atoms with van der Waals surface area (Å²) in [4.78, 5) is 34.1. The van der Waals surface area contributed by atoms with Crippen molar-refractivity contribution in [3.8, 4) is 0 Å². The molecule has 3 N–H and O–H groups in total. The summed E-state index contributed by atoms with van der Waals surface area (Å²) < 4.78 is 0. The fourth-order valence-electron chi connectivity index (χ4n) is 2.07. The van der Waals surface area contributed by atoms with Gasteiger partial charge in [-0.1, -0.05) is 13.8 Å². The van der Waals surface area contributed by atoms with Gasteiger partial charge in [0.25, 0.3) is 0 Å². The lowest BCUT2D eigenvalue weighted by Crippen LogP contribution is -2.44. The first kappa shape index (κ1) is 16.5. The van der Waals surface area contributed by atoms with Gasteiger partial charge in [-0.05, 0) is 38.0 Å². The second kappa shape index (κ2) is 5.81. The van der Waals surface area contributed by atoms with E-state index in [1.54, 1.807) is 0 Å². The third kappa shape index (κ3) is 4.21. The Labute approximate surface area is 119 Å². The number of rotatable bonds is 6. The maximum atomic E-state index is 11.6. The molecule has 1 fully saturated rings. The summed E-state index contributed by atoms with van der Waals surface area (Å²) in [5.74, 6) is -1.15. The molecular formula is C14H24N2O4. The zero-order valence-corrected chi connectivity index (χ0v) is 12.6. The summed E-state index contributed by atoms with van der Waals surface area (Å²) in [6.45, 7) is 7.68. The van der Waals surface area contributed by atoms with Crippen LogP contribution in [0.5, 0.6) is 0 Å². The van der Waals surface area contributed by atoms with Gasteiger partial charge in [-0.25, -0.2) is 4.79 Å². The molecule has 1 aliphatic rings. The zero-order chi connectivity index (χ0) is 15.6. The molecule has 1 saturated carbocycles. The number of nitrogens with one attached hydrogen (secondary N) is 2.